The Morgan fingerprint density at radius 2 is 2.00 bits per heavy atom. The summed E-state index contributed by atoms with van der Waals surface area (Å²) < 4.78 is 0. The highest BCUT2D eigenvalue weighted by Gasteiger charge is 2.22. The number of hydrogen-bond donors (Lipinski definition) is 3. The average molecular weight is 365 g/mol. The number of urea groups is 1. The number of nitrogens with two attached hydrogens (primary N) is 2. The number of nitrogens with one attached hydrogen (secondary N) is 1. The minimum Gasteiger partial charge on any atom is -0.383 e. The lowest BCUT2D eigenvalue weighted by Crippen LogP contribution is -2.39. The van der Waals surface area contributed by atoms with Crippen molar-refractivity contribution < 1.29 is 9.59 Å². The zero-order valence-electron chi connectivity index (χ0n) is 13.3. The van der Waals surface area contributed by atoms with E-state index in [1.807, 2.05) is 0 Å². The smallest absolute Gasteiger partial charge is 0.318 e. The topological polar surface area (TPSA) is 124 Å². The molecule has 0 unspecified atom stereocenters. The number of rotatable bonds is 3. The molecule has 0 radical (unpaired) electrons. The maximum atomic E-state index is 11.8. The van der Waals surface area contributed by atoms with Gasteiger partial charge in [-0.1, -0.05) is 18.2 Å². The summed E-state index contributed by atoms with van der Waals surface area (Å²) in [7, 11) is 0. The molecule has 24 heavy (non-hydrogen) atoms. The van der Waals surface area contributed by atoms with Crippen LogP contribution in [0.4, 0.5) is 10.6 Å². The van der Waals surface area contributed by atoms with Crippen molar-refractivity contribution in [3.05, 3.63) is 10.4 Å². The third kappa shape index (κ3) is 3.46. The molecule has 5 N–H and O–H groups in total. The van der Waals surface area contributed by atoms with Gasteiger partial charge in [0.1, 0.15) is 10.6 Å². The number of imide groups is 1. The normalized spacial score (nSPS) is 15.5. The van der Waals surface area contributed by atoms with E-state index in [4.69, 9.17) is 11.5 Å². The van der Waals surface area contributed by atoms with Crippen LogP contribution in [0.5, 0.6) is 0 Å². The fourth-order valence-corrected chi connectivity index (χ4v) is 4.93. The van der Waals surface area contributed by atoms with Crippen LogP contribution in [0.1, 0.15) is 36.6 Å². The molecule has 1 aliphatic rings. The van der Waals surface area contributed by atoms with Crippen molar-refractivity contribution in [2.45, 2.75) is 49.4 Å². The van der Waals surface area contributed by atoms with E-state index in [2.05, 4.69) is 15.3 Å². The van der Waals surface area contributed by atoms with Crippen LogP contribution < -0.4 is 16.8 Å². The number of aryl methyl sites for hydroxylation is 2. The monoisotopic (exact) mass is 365 g/mol. The van der Waals surface area contributed by atoms with Crippen LogP contribution in [0.2, 0.25) is 0 Å². The van der Waals surface area contributed by atoms with Crippen LogP contribution in [-0.2, 0) is 17.6 Å². The van der Waals surface area contributed by atoms with Gasteiger partial charge >= 0.3 is 6.03 Å². The highest BCUT2D eigenvalue weighted by molar-refractivity contribution is 8.00. The van der Waals surface area contributed by atoms with E-state index in [9.17, 15) is 9.59 Å². The Kier molecular flexibility index (Phi) is 4.91. The van der Waals surface area contributed by atoms with Crippen molar-refractivity contribution in [1.29, 1.82) is 0 Å². The molecular formula is C15H19N5O2S2. The third-order valence-electron chi connectivity index (χ3n) is 3.97. The van der Waals surface area contributed by atoms with E-state index in [-0.39, 0.29) is 0 Å². The maximum Gasteiger partial charge on any atom is 0.318 e. The third-order valence-corrected chi connectivity index (χ3v) is 6.12. The number of fused-ring (bicyclic) bond motifs is 3. The molecule has 0 spiro atoms. The predicted octanol–water partition coefficient (Wildman–Crippen LogP) is 2.22. The van der Waals surface area contributed by atoms with Crippen LogP contribution in [-0.4, -0.2) is 27.2 Å². The highest BCUT2D eigenvalue weighted by atomic mass is 32.2. The Hall–Kier alpha value is -1.87. The summed E-state index contributed by atoms with van der Waals surface area (Å²) in [5, 5.41) is 2.91. The molecule has 0 fully saturated rings. The van der Waals surface area contributed by atoms with Gasteiger partial charge in [-0.05, 0) is 38.2 Å². The Morgan fingerprint density at radius 3 is 2.75 bits per heavy atom. The number of aromatic nitrogens is 2. The lowest BCUT2D eigenvalue weighted by atomic mass is 10.1. The van der Waals surface area contributed by atoms with Crippen molar-refractivity contribution in [3.63, 3.8) is 0 Å². The zero-order chi connectivity index (χ0) is 17.3. The van der Waals surface area contributed by atoms with Gasteiger partial charge in [0.15, 0.2) is 5.16 Å². The molecule has 1 atom stereocenters. The number of anilines is 1. The maximum absolute atomic E-state index is 11.8. The fourth-order valence-electron chi connectivity index (χ4n) is 2.83. The molecule has 128 valence electrons. The molecule has 0 aromatic carbocycles. The van der Waals surface area contributed by atoms with Gasteiger partial charge in [-0.2, -0.15) is 0 Å². The van der Waals surface area contributed by atoms with Crippen LogP contribution >= 0.6 is 23.1 Å². The summed E-state index contributed by atoms with van der Waals surface area (Å²) in [6.45, 7) is 1.66. The number of carbonyl (C=O) groups excluding carboxylic acids is 2. The summed E-state index contributed by atoms with van der Waals surface area (Å²) in [4.78, 5) is 33.7. The predicted molar refractivity (Wildman–Crippen MR) is 96.1 cm³/mol. The SMILES string of the molecule is C[C@H](Sc1nc(N)c2c3c(sc2n1)CCCCC3)C(=O)NC(N)=O. The van der Waals surface area contributed by atoms with Crippen LogP contribution in [0.15, 0.2) is 5.16 Å². The molecule has 9 heteroatoms. The number of thiophene rings is 1. The van der Waals surface area contributed by atoms with Gasteiger partial charge < -0.3 is 11.5 Å². The summed E-state index contributed by atoms with van der Waals surface area (Å²) in [5.41, 5.74) is 12.4. The number of primary amides is 1. The first-order valence-electron chi connectivity index (χ1n) is 7.80. The Bertz CT molecular complexity index is 805. The van der Waals surface area contributed by atoms with E-state index in [0.717, 1.165) is 34.8 Å². The van der Waals surface area contributed by atoms with Gasteiger partial charge in [0, 0.05) is 4.88 Å². The van der Waals surface area contributed by atoms with E-state index >= 15 is 0 Å². The summed E-state index contributed by atoms with van der Waals surface area (Å²) in [6, 6.07) is -0.870. The number of amides is 3. The van der Waals surface area contributed by atoms with Crippen molar-refractivity contribution in [1.82, 2.24) is 15.3 Å². The standard InChI is InChI=1S/C15H19N5O2S2/c1-7(12(21)19-14(17)22)23-15-18-11(16)10-8-5-3-2-4-6-9(8)24-13(10)20-15/h7H,2-6H2,1H3,(H2,16,18,20)(H3,17,19,21,22)/t7-/m0/s1. The van der Waals surface area contributed by atoms with E-state index < -0.39 is 17.2 Å². The fraction of sp³-hybridized carbons (Fsp3) is 0.467. The molecule has 0 aliphatic heterocycles. The molecule has 2 aromatic rings. The number of thioether (sulfide) groups is 1. The molecule has 7 nitrogen and oxygen atoms in total. The molecule has 0 saturated carbocycles. The summed E-state index contributed by atoms with van der Waals surface area (Å²) in [5.74, 6) is -0.0128. The molecule has 3 rings (SSSR count). The van der Waals surface area contributed by atoms with Gasteiger partial charge in [0.2, 0.25) is 5.91 Å². The Labute approximate surface area is 147 Å². The first-order valence-corrected chi connectivity index (χ1v) is 9.50. The number of hydrogen-bond acceptors (Lipinski definition) is 7. The van der Waals surface area contributed by atoms with Crippen molar-refractivity contribution in [2.75, 3.05) is 5.73 Å². The Balaban J connectivity index is 1.88. The summed E-state index contributed by atoms with van der Waals surface area (Å²) in [6.07, 6.45) is 5.69. The first kappa shape index (κ1) is 17.0. The van der Waals surface area contributed by atoms with Crippen molar-refractivity contribution in [2.24, 2.45) is 5.73 Å². The number of nitrogen functional groups attached to an aromatic ring is 1. The second-order valence-electron chi connectivity index (χ2n) is 5.75. The average Bonchev–Trinajstić information content (AvgIpc) is 2.69. The van der Waals surface area contributed by atoms with E-state index in [1.165, 1.54) is 29.7 Å². The molecule has 1 aliphatic carbocycles. The second kappa shape index (κ2) is 6.94. The van der Waals surface area contributed by atoms with Gasteiger partial charge in [0.05, 0.1) is 10.6 Å². The van der Waals surface area contributed by atoms with Crippen LogP contribution in [0.25, 0.3) is 10.2 Å². The van der Waals surface area contributed by atoms with Crippen LogP contribution in [0, 0.1) is 0 Å². The lowest BCUT2D eigenvalue weighted by Gasteiger charge is -2.09. The van der Waals surface area contributed by atoms with Crippen molar-refractivity contribution in [3.8, 4) is 0 Å². The molecule has 2 aromatic heterocycles. The van der Waals surface area contributed by atoms with Crippen molar-refractivity contribution >= 4 is 51.1 Å². The molecule has 2 heterocycles. The second-order valence-corrected chi connectivity index (χ2v) is 8.14. The highest BCUT2D eigenvalue weighted by Crippen LogP contribution is 2.38. The van der Waals surface area contributed by atoms with Gasteiger partial charge in [-0.3, -0.25) is 10.1 Å². The van der Waals surface area contributed by atoms with E-state index in [1.54, 1.807) is 18.3 Å². The largest absolute Gasteiger partial charge is 0.383 e. The van der Waals surface area contributed by atoms with E-state index in [0.29, 0.717) is 11.0 Å². The zero-order valence-corrected chi connectivity index (χ0v) is 14.9. The Morgan fingerprint density at radius 1 is 1.25 bits per heavy atom. The number of nitrogens with zero attached hydrogens (tertiary/aromatic N) is 2. The minimum absolute atomic E-state index is 0.434. The molecule has 0 saturated heterocycles. The van der Waals surface area contributed by atoms with Gasteiger partial charge in [-0.25, -0.2) is 14.8 Å². The lowest BCUT2D eigenvalue weighted by molar-refractivity contribution is -0.119. The summed E-state index contributed by atoms with van der Waals surface area (Å²) >= 11 is 2.83. The molecule has 0 bridgehead atoms. The number of carbonyl (C=O) groups is 2. The van der Waals surface area contributed by atoms with Gasteiger partial charge in [-0.15, -0.1) is 11.3 Å². The minimum atomic E-state index is -0.870. The first-order chi connectivity index (χ1) is 11.5. The molecular weight excluding hydrogens is 346 g/mol. The molecule has 3 amide bonds. The quantitative estimate of drug-likeness (QED) is 0.435. The van der Waals surface area contributed by atoms with Crippen LogP contribution in [0.3, 0.4) is 0 Å². The van der Waals surface area contributed by atoms with Gasteiger partial charge in [0.25, 0.3) is 0 Å².